The van der Waals surface area contributed by atoms with Crippen molar-refractivity contribution in [1.29, 1.82) is 0 Å². The lowest BCUT2D eigenvalue weighted by atomic mass is 9.61. The van der Waals surface area contributed by atoms with Crippen LogP contribution in [0.1, 0.15) is 31.7 Å². The largest absolute Gasteiger partial charge is 0.392 e. The van der Waals surface area contributed by atoms with E-state index < -0.39 is 0 Å². The molecule has 1 aromatic rings. The summed E-state index contributed by atoms with van der Waals surface area (Å²) in [7, 11) is 4.51. The summed E-state index contributed by atoms with van der Waals surface area (Å²) in [5.41, 5.74) is 2.54. The van der Waals surface area contributed by atoms with Crippen molar-refractivity contribution in [1.82, 2.24) is 0 Å². The number of piperidine rings is 4. The van der Waals surface area contributed by atoms with Gasteiger partial charge in [-0.25, -0.2) is 0 Å². The molecule has 0 amide bonds. The fourth-order valence-electron chi connectivity index (χ4n) is 8.58. The van der Waals surface area contributed by atoms with Gasteiger partial charge in [0.15, 0.2) is 6.23 Å². The summed E-state index contributed by atoms with van der Waals surface area (Å²) in [4.78, 5) is 2.44. The lowest BCUT2D eigenvalue weighted by Gasteiger charge is -2.66. The summed E-state index contributed by atoms with van der Waals surface area (Å²) in [6.07, 6.45) is 2.67. The maximum Gasteiger partial charge on any atom is 0.193 e. The molecular formula is C21H29N2O2+. The molecule has 10 atom stereocenters. The highest BCUT2D eigenvalue weighted by Crippen LogP contribution is 2.70. The molecule has 4 heteroatoms. The zero-order valence-corrected chi connectivity index (χ0v) is 15.3. The normalized spacial score (nSPS) is 57.1. The highest BCUT2D eigenvalue weighted by atomic mass is 16.3. The number of aliphatic hydroxyl groups is 2. The van der Waals surface area contributed by atoms with Crippen LogP contribution in [0.15, 0.2) is 24.3 Å². The van der Waals surface area contributed by atoms with Gasteiger partial charge in [0, 0.05) is 37.4 Å². The number of fused-ring (bicyclic) bond motifs is 2. The molecule has 1 aromatic carbocycles. The van der Waals surface area contributed by atoms with Crippen molar-refractivity contribution in [2.45, 2.75) is 62.1 Å². The van der Waals surface area contributed by atoms with Gasteiger partial charge < -0.3 is 15.1 Å². The molecule has 1 spiro atoms. The number of nitrogens with zero attached hydrogens (tertiary/aromatic N) is 2. The third-order valence-electron chi connectivity index (χ3n) is 9.39. The standard InChI is InChI=1S/C21H29N2O2/c1-4-11-12-9-15-18-21(13-7-5-6-8-14(13)22(18)2)10-16(17(12)19(21)24)23(15,3)20(11)25/h5-8,11-12,15-20,24-25H,4,9-10H2,1-3H3/q+1/t11-,12+,15+,16+,17+,18+,19?,20+,21-,23?/m1/s1. The first-order valence-electron chi connectivity index (χ1n) is 10.0. The van der Waals surface area contributed by atoms with Crippen LogP contribution < -0.4 is 4.90 Å². The molecule has 5 fully saturated rings. The number of benzene rings is 1. The molecule has 5 bridgehead atoms. The maximum absolute atomic E-state index is 11.7. The molecule has 1 aliphatic carbocycles. The van der Waals surface area contributed by atoms with E-state index in [1.54, 1.807) is 0 Å². The first-order valence-corrected chi connectivity index (χ1v) is 10.0. The number of quaternary nitrogens is 1. The van der Waals surface area contributed by atoms with E-state index in [1.807, 2.05) is 0 Å². The molecular weight excluding hydrogens is 312 g/mol. The van der Waals surface area contributed by atoms with Crippen molar-refractivity contribution in [3.05, 3.63) is 29.8 Å². The Bertz CT molecular complexity index is 768. The average molecular weight is 341 g/mol. The molecule has 0 radical (unpaired) electrons. The Morgan fingerprint density at radius 2 is 2.00 bits per heavy atom. The van der Waals surface area contributed by atoms with Crippen LogP contribution in [0, 0.1) is 17.8 Å². The summed E-state index contributed by atoms with van der Waals surface area (Å²) in [5, 5.41) is 23.1. The highest BCUT2D eigenvalue weighted by molar-refractivity contribution is 5.66. The lowest BCUT2D eigenvalue weighted by Crippen LogP contribution is -2.81. The smallest absolute Gasteiger partial charge is 0.193 e. The molecule has 25 heavy (non-hydrogen) atoms. The molecule has 0 aromatic heterocycles. The Morgan fingerprint density at radius 1 is 1.24 bits per heavy atom. The molecule has 2 unspecified atom stereocenters. The van der Waals surface area contributed by atoms with Gasteiger partial charge in [-0.15, -0.1) is 0 Å². The Balaban J connectivity index is 1.63. The van der Waals surface area contributed by atoms with Crippen molar-refractivity contribution >= 4 is 5.69 Å². The number of para-hydroxylation sites is 1. The summed E-state index contributed by atoms with van der Waals surface area (Å²) in [6.45, 7) is 2.21. The van der Waals surface area contributed by atoms with Crippen LogP contribution >= 0.6 is 0 Å². The van der Waals surface area contributed by atoms with Gasteiger partial charge in [0.25, 0.3) is 0 Å². The molecule has 4 saturated heterocycles. The molecule has 6 aliphatic rings. The number of likely N-dealkylation sites (N-methyl/N-ethyl adjacent to an activating group) is 2. The van der Waals surface area contributed by atoms with Crippen molar-refractivity contribution in [2.75, 3.05) is 19.0 Å². The van der Waals surface area contributed by atoms with E-state index in [4.69, 9.17) is 0 Å². The number of anilines is 1. The summed E-state index contributed by atoms with van der Waals surface area (Å²) >= 11 is 0. The Kier molecular flexibility index (Phi) is 2.54. The maximum atomic E-state index is 11.7. The van der Waals surface area contributed by atoms with Crippen LogP contribution in [-0.2, 0) is 5.41 Å². The molecule has 5 heterocycles. The third-order valence-corrected chi connectivity index (χ3v) is 9.39. The third kappa shape index (κ3) is 1.27. The molecule has 134 valence electrons. The second kappa shape index (κ2) is 4.24. The van der Waals surface area contributed by atoms with E-state index in [9.17, 15) is 10.2 Å². The zero-order valence-electron chi connectivity index (χ0n) is 15.3. The quantitative estimate of drug-likeness (QED) is 0.764. The molecule has 1 saturated carbocycles. The van der Waals surface area contributed by atoms with Gasteiger partial charge in [-0.1, -0.05) is 25.1 Å². The predicted molar refractivity (Wildman–Crippen MR) is 96.1 cm³/mol. The Labute approximate surface area is 149 Å². The lowest BCUT2D eigenvalue weighted by molar-refractivity contribution is -1.02. The number of hydrogen-bond acceptors (Lipinski definition) is 3. The van der Waals surface area contributed by atoms with Crippen molar-refractivity contribution in [3.63, 3.8) is 0 Å². The van der Waals surface area contributed by atoms with E-state index in [2.05, 4.69) is 50.2 Å². The van der Waals surface area contributed by atoms with Gasteiger partial charge in [0.1, 0.15) is 6.04 Å². The second-order valence-electron chi connectivity index (χ2n) is 9.58. The number of rotatable bonds is 1. The predicted octanol–water partition coefficient (Wildman–Crippen LogP) is 1.70. The number of hydrogen-bond donors (Lipinski definition) is 2. The Hall–Kier alpha value is -1.10. The topological polar surface area (TPSA) is 43.7 Å². The van der Waals surface area contributed by atoms with Crippen molar-refractivity contribution in [2.24, 2.45) is 17.8 Å². The summed E-state index contributed by atoms with van der Waals surface area (Å²) < 4.78 is 0.779. The van der Waals surface area contributed by atoms with Gasteiger partial charge in [0.2, 0.25) is 0 Å². The van der Waals surface area contributed by atoms with Crippen molar-refractivity contribution < 1.29 is 14.7 Å². The van der Waals surface area contributed by atoms with E-state index in [0.29, 0.717) is 35.9 Å². The minimum Gasteiger partial charge on any atom is -0.392 e. The van der Waals surface area contributed by atoms with Crippen LogP contribution in [0.5, 0.6) is 0 Å². The van der Waals surface area contributed by atoms with Gasteiger partial charge in [0.05, 0.1) is 30.7 Å². The minimum atomic E-state index is -0.273. The van der Waals surface area contributed by atoms with E-state index in [1.165, 1.54) is 11.3 Å². The first-order chi connectivity index (χ1) is 12.0. The van der Waals surface area contributed by atoms with Gasteiger partial charge in [-0.05, 0) is 24.0 Å². The Morgan fingerprint density at radius 3 is 2.76 bits per heavy atom. The van der Waals surface area contributed by atoms with Crippen LogP contribution in [-0.4, -0.2) is 59.2 Å². The van der Waals surface area contributed by atoms with Crippen molar-refractivity contribution in [3.8, 4) is 0 Å². The van der Waals surface area contributed by atoms with Crippen LogP contribution in [0.3, 0.4) is 0 Å². The average Bonchev–Trinajstić information content (AvgIpc) is 2.99. The first kappa shape index (κ1) is 15.0. The van der Waals surface area contributed by atoms with Gasteiger partial charge in [-0.3, -0.25) is 4.48 Å². The summed E-state index contributed by atoms with van der Waals surface area (Å²) in [5.74, 6) is 1.17. The van der Waals surface area contributed by atoms with Crippen LogP contribution in [0.2, 0.25) is 0 Å². The van der Waals surface area contributed by atoms with E-state index >= 15 is 0 Å². The van der Waals surface area contributed by atoms with E-state index in [-0.39, 0.29) is 17.7 Å². The highest BCUT2D eigenvalue weighted by Gasteiger charge is 2.82. The molecule has 7 rings (SSSR count). The van der Waals surface area contributed by atoms with Crippen LogP contribution in [0.25, 0.3) is 0 Å². The molecule has 5 aliphatic heterocycles. The minimum absolute atomic E-state index is 0.125. The SMILES string of the molecule is CC[C@@H]1[C@@H]2C[C@H]3[C@@H]4N(C)c5ccccc5[C@]45C[C@@H]([C@H]2C5O)[N+]3(C)[C@H]1O. The van der Waals surface area contributed by atoms with Gasteiger partial charge >= 0.3 is 0 Å². The molecule has 4 nitrogen and oxygen atoms in total. The second-order valence-corrected chi connectivity index (χ2v) is 9.58. The fraction of sp³-hybridized carbons (Fsp3) is 0.714. The van der Waals surface area contributed by atoms with Crippen LogP contribution in [0.4, 0.5) is 5.69 Å². The summed E-state index contributed by atoms with van der Waals surface area (Å²) in [6, 6.07) is 9.87. The monoisotopic (exact) mass is 341 g/mol. The number of aliphatic hydroxyl groups excluding tert-OH is 2. The molecule has 2 N–H and O–H groups in total. The van der Waals surface area contributed by atoms with E-state index in [0.717, 1.165) is 23.7 Å². The zero-order chi connectivity index (χ0) is 17.3. The van der Waals surface area contributed by atoms with Gasteiger partial charge in [-0.2, -0.15) is 0 Å². The fourth-order valence-corrected chi connectivity index (χ4v) is 8.58.